The SMILES string of the molecule is Cc1cc(C)c(N)c(-c2cc(C)cc(C)c2Oc2ccccc2[N+](=O)[O-])c1. The topological polar surface area (TPSA) is 78.4 Å². The number of benzene rings is 3. The predicted octanol–water partition coefficient (Wildman–Crippen LogP) is 5.87. The van der Waals surface area contributed by atoms with Crippen molar-refractivity contribution in [1.29, 1.82) is 0 Å². The molecule has 0 spiro atoms. The Morgan fingerprint density at radius 1 is 0.889 bits per heavy atom. The molecule has 0 unspecified atom stereocenters. The van der Waals surface area contributed by atoms with Crippen LogP contribution in [0.2, 0.25) is 0 Å². The number of nitro groups is 1. The second-order valence-corrected chi connectivity index (χ2v) is 6.83. The lowest BCUT2D eigenvalue weighted by Gasteiger charge is -2.18. The molecule has 0 amide bonds. The summed E-state index contributed by atoms with van der Waals surface area (Å²) in [4.78, 5) is 10.9. The number of anilines is 1. The van der Waals surface area contributed by atoms with E-state index >= 15 is 0 Å². The van der Waals surface area contributed by atoms with E-state index in [0.29, 0.717) is 11.4 Å². The minimum atomic E-state index is -0.441. The number of hydrogen-bond donors (Lipinski definition) is 1. The highest BCUT2D eigenvalue weighted by molar-refractivity contribution is 5.84. The van der Waals surface area contributed by atoms with Gasteiger partial charge in [-0.25, -0.2) is 0 Å². The molecule has 0 saturated carbocycles. The van der Waals surface area contributed by atoms with Gasteiger partial charge in [-0.1, -0.05) is 29.8 Å². The Morgan fingerprint density at radius 3 is 2.15 bits per heavy atom. The molecule has 3 rings (SSSR count). The van der Waals surface area contributed by atoms with Gasteiger partial charge in [-0.15, -0.1) is 0 Å². The van der Waals surface area contributed by atoms with Crippen molar-refractivity contribution in [2.75, 3.05) is 5.73 Å². The maximum Gasteiger partial charge on any atom is 0.311 e. The van der Waals surface area contributed by atoms with E-state index in [2.05, 4.69) is 0 Å². The molecule has 0 aliphatic rings. The number of nitrogens with zero attached hydrogens (tertiary/aromatic N) is 1. The van der Waals surface area contributed by atoms with Crippen molar-refractivity contribution in [1.82, 2.24) is 0 Å². The number of nitro benzene ring substituents is 1. The molecule has 0 fully saturated rings. The molecule has 0 radical (unpaired) electrons. The van der Waals surface area contributed by atoms with Gasteiger partial charge in [-0.3, -0.25) is 10.1 Å². The number of para-hydroxylation sites is 2. The zero-order valence-corrected chi connectivity index (χ0v) is 15.9. The smallest absolute Gasteiger partial charge is 0.311 e. The first kappa shape index (κ1) is 18.5. The van der Waals surface area contributed by atoms with Gasteiger partial charge in [0, 0.05) is 22.9 Å². The number of ether oxygens (including phenoxy) is 1. The molecule has 0 aromatic heterocycles. The molecular weight excluding hydrogens is 340 g/mol. The Balaban J connectivity index is 2.23. The summed E-state index contributed by atoms with van der Waals surface area (Å²) >= 11 is 0. The van der Waals surface area contributed by atoms with Gasteiger partial charge in [0.05, 0.1) is 4.92 Å². The molecule has 3 aromatic carbocycles. The number of nitrogen functional groups attached to an aromatic ring is 1. The van der Waals surface area contributed by atoms with E-state index in [1.807, 2.05) is 52.0 Å². The summed E-state index contributed by atoms with van der Waals surface area (Å²) in [6.45, 7) is 7.92. The van der Waals surface area contributed by atoms with Gasteiger partial charge in [-0.2, -0.15) is 0 Å². The standard InChI is InChI=1S/C22H22N2O3/c1-13-9-15(3)21(23)17(11-13)18-12-14(2)10-16(4)22(18)27-20-8-6-5-7-19(20)24(25)26/h5-12H,23H2,1-4H3. The molecule has 27 heavy (non-hydrogen) atoms. The summed E-state index contributed by atoms with van der Waals surface area (Å²) in [6, 6.07) is 14.4. The summed E-state index contributed by atoms with van der Waals surface area (Å²) in [5.41, 5.74) is 12.7. The van der Waals surface area contributed by atoms with E-state index < -0.39 is 4.92 Å². The molecule has 0 atom stereocenters. The van der Waals surface area contributed by atoms with E-state index in [9.17, 15) is 10.1 Å². The van der Waals surface area contributed by atoms with Crippen molar-refractivity contribution in [3.63, 3.8) is 0 Å². The number of hydrogen-bond acceptors (Lipinski definition) is 4. The first-order valence-electron chi connectivity index (χ1n) is 8.67. The molecule has 5 nitrogen and oxygen atoms in total. The van der Waals surface area contributed by atoms with E-state index in [0.717, 1.165) is 33.4 Å². The van der Waals surface area contributed by atoms with Crippen LogP contribution in [0.1, 0.15) is 22.3 Å². The van der Waals surface area contributed by atoms with E-state index in [1.54, 1.807) is 18.2 Å². The monoisotopic (exact) mass is 362 g/mol. The van der Waals surface area contributed by atoms with E-state index in [4.69, 9.17) is 10.5 Å². The van der Waals surface area contributed by atoms with Gasteiger partial charge < -0.3 is 10.5 Å². The number of rotatable bonds is 4. The molecule has 2 N–H and O–H groups in total. The fourth-order valence-electron chi connectivity index (χ4n) is 3.30. The molecule has 3 aromatic rings. The van der Waals surface area contributed by atoms with Gasteiger partial charge in [0.15, 0.2) is 0 Å². The molecule has 0 saturated heterocycles. The van der Waals surface area contributed by atoms with Crippen LogP contribution in [0.15, 0.2) is 48.5 Å². The molecule has 0 bridgehead atoms. The highest BCUT2D eigenvalue weighted by Crippen LogP contribution is 2.42. The lowest BCUT2D eigenvalue weighted by Crippen LogP contribution is -2.00. The quantitative estimate of drug-likeness (QED) is 0.358. The third-order valence-electron chi connectivity index (χ3n) is 4.51. The zero-order valence-electron chi connectivity index (χ0n) is 15.9. The van der Waals surface area contributed by atoms with Gasteiger partial charge in [0.2, 0.25) is 5.75 Å². The highest BCUT2D eigenvalue weighted by Gasteiger charge is 2.20. The largest absolute Gasteiger partial charge is 0.449 e. The van der Waals surface area contributed by atoms with Crippen LogP contribution in [0, 0.1) is 37.8 Å². The molecular formula is C22H22N2O3. The van der Waals surface area contributed by atoms with Gasteiger partial charge in [-0.05, 0) is 62.6 Å². The van der Waals surface area contributed by atoms with Crippen LogP contribution in [0.3, 0.4) is 0 Å². The second kappa shape index (κ2) is 7.11. The summed E-state index contributed by atoms with van der Waals surface area (Å²) in [7, 11) is 0. The second-order valence-electron chi connectivity index (χ2n) is 6.83. The predicted molar refractivity (Wildman–Crippen MR) is 108 cm³/mol. The molecule has 5 heteroatoms. The molecule has 0 heterocycles. The summed E-state index contributed by atoms with van der Waals surface area (Å²) in [5, 5.41) is 11.4. The Kier molecular flexibility index (Phi) is 4.86. The minimum absolute atomic E-state index is 0.0724. The van der Waals surface area contributed by atoms with Crippen LogP contribution >= 0.6 is 0 Å². The number of nitrogens with two attached hydrogens (primary N) is 1. The minimum Gasteiger partial charge on any atom is -0.449 e. The first-order valence-corrected chi connectivity index (χ1v) is 8.67. The fraction of sp³-hybridized carbons (Fsp3) is 0.182. The third-order valence-corrected chi connectivity index (χ3v) is 4.51. The zero-order chi connectivity index (χ0) is 19.7. The van der Waals surface area contributed by atoms with Gasteiger partial charge in [0.1, 0.15) is 5.75 Å². The Bertz CT molecular complexity index is 1040. The van der Waals surface area contributed by atoms with Gasteiger partial charge >= 0.3 is 5.69 Å². The number of aryl methyl sites for hydroxylation is 4. The van der Waals surface area contributed by atoms with E-state index in [1.165, 1.54) is 6.07 Å². The summed E-state index contributed by atoms with van der Waals surface area (Å²) < 4.78 is 6.08. The Hall–Kier alpha value is -3.34. The Morgan fingerprint density at radius 2 is 1.48 bits per heavy atom. The average molecular weight is 362 g/mol. The lowest BCUT2D eigenvalue weighted by molar-refractivity contribution is -0.385. The Labute approximate surface area is 158 Å². The van der Waals surface area contributed by atoms with Crippen LogP contribution in [-0.4, -0.2) is 4.92 Å². The summed E-state index contributed by atoms with van der Waals surface area (Å²) in [5.74, 6) is 0.783. The maximum atomic E-state index is 11.4. The van der Waals surface area contributed by atoms with Crippen molar-refractivity contribution in [3.05, 3.63) is 80.9 Å². The molecule has 138 valence electrons. The van der Waals surface area contributed by atoms with Crippen LogP contribution in [0.25, 0.3) is 11.1 Å². The maximum absolute atomic E-state index is 11.4. The van der Waals surface area contributed by atoms with Crippen LogP contribution in [0.5, 0.6) is 11.5 Å². The molecule has 0 aliphatic heterocycles. The van der Waals surface area contributed by atoms with Crippen molar-refractivity contribution >= 4 is 11.4 Å². The summed E-state index contributed by atoms with van der Waals surface area (Å²) in [6.07, 6.45) is 0. The van der Waals surface area contributed by atoms with Gasteiger partial charge in [0.25, 0.3) is 0 Å². The lowest BCUT2D eigenvalue weighted by atomic mass is 9.94. The van der Waals surface area contributed by atoms with Crippen LogP contribution in [0.4, 0.5) is 11.4 Å². The van der Waals surface area contributed by atoms with Crippen LogP contribution < -0.4 is 10.5 Å². The average Bonchev–Trinajstić information content (AvgIpc) is 2.60. The normalized spacial score (nSPS) is 10.7. The van der Waals surface area contributed by atoms with Crippen molar-refractivity contribution in [2.24, 2.45) is 0 Å². The van der Waals surface area contributed by atoms with Crippen molar-refractivity contribution < 1.29 is 9.66 Å². The van der Waals surface area contributed by atoms with Crippen molar-refractivity contribution in [2.45, 2.75) is 27.7 Å². The third kappa shape index (κ3) is 3.62. The van der Waals surface area contributed by atoms with Crippen LogP contribution in [-0.2, 0) is 0 Å². The highest BCUT2D eigenvalue weighted by atomic mass is 16.6. The fourth-order valence-corrected chi connectivity index (χ4v) is 3.30. The van der Waals surface area contributed by atoms with E-state index in [-0.39, 0.29) is 11.4 Å². The molecule has 0 aliphatic carbocycles. The first-order chi connectivity index (χ1) is 12.8. The van der Waals surface area contributed by atoms with Crippen molar-refractivity contribution in [3.8, 4) is 22.6 Å².